The van der Waals surface area contributed by atoms with Crippen molar-refractivity contribution in [3.63, 3.8) is 0 Å². The second-order valence-electron chi connectivity index (χ2n) is 9.48. The van der Waals surface area contributed by atoms with Gasteiger partial charge in [0, 0.05) is 24.2 Å². The normalized spacial score (nSPS) is 28.0. The fourth-order valence-corrected chi connectivity index (χ4v) is 6.18. The predicted octanol–water partition coefficient (Wildman–Crippen LogP) is 4.05. The molecule has 186 valence electrons. The molecule has 0 bridgehead atoms. The topological polar surface area (TPSA) is 93.7 Å². The molecule has 35 heavy (non-hydrogen) atoms. The number of esters is 1. The third kappa shape index (κ3) is 3.67. The van der Waals surface area contributed by atoms with E-state index in [1.807, 2.05) is 18.2 Å². The lowest BCUT2D eigenvalue weighted by Crippen LogP contribution is -2.60. The summed E-state index contributed by atoms with van der Waals surface area (Å²) in [5.74, 6) is 0.445. The van der Waals surface area contributed by atoms with E-state index < -0.39 is 5.60 Å². The number of furan rings is 1. The molecule has 2 saturated heterocycles. The van der Waals surface area contributed by atoms with Crippen LogP contribution in [0.25, 0.3) is 11.1 Å². The van der Waals surface area contributed by atoms with Crippen LogP contribution in [0.5, 0.6) is 5.75 Å². The lowest BCUT2D eigenvalue weighted by molar-refractivity contribution is -0.137. The molecule has 0 saturated carbocycles. The predicted molar refractivity (Wildman–Crippen MR) is 131 cm³/mol. The van der Waals surface area contributed by atoms with Gasteiger partial charge in [-0.05, 0) is 42.9 Å². The van der Waals surface area contributed by atoms with Gasteiger partial charge < -0.3 is 23.7 Å². The summed E-state index contributed by atoms with van der Waals surface area (Å²) in [6.45, 7) is 3.68. The number of piperidine rings is 2. The van der Waals surface area contributed by atoms with Crippen LogP contribution in [0.1, 0.15) is 31.7 Å². The van der Waals surface area contributed by atoms with E-state index in [9.17, 15) is 9.90 Å². The van der Waals surface area contributed by atoms with Gasteiger partial charge in [0.15, 0.2) is 0 Å². The number of aliphatic hydroxyl groups is 1. The largest absolute Gasteiger partial charge is 0.504 e. The first-order chi connectivity index (χ1) is 17.0. The molecule has 3 aliphatic heterocycles. The highest BCUT2D eigenvalue weighted by atomic mass is 16.5. The summed E-state index contributed by atoms with van der Waals surface area (Å²) in [7, 11) is 4.55. The highest BCUT2D eigenvalue weighted by molar-refractivity contribution is 6.06. The number of carbonyl (C=O) groups is 1. The number of aliphatic imine (C=N–C) groups is 1. The van der Waals surface area contributed by atoms with Crippen LogP contribution in [0.2, 0.25) is 0 Å². The van der Waals surface area contributed by atoms with Crippen LogP contribution in [0.3, 0.4) is 0 Å². The van der Waals surface area contributed by atoms with Crippen LogP contribution in [0, 0.1) is 11.8 Å². The van der Waals surface area contributed by atoms with Crippen molar-refractivity contribution < 1.29 is 28.5 Å². The quantitative estimate of drug-likeness (QED) is 0.379. The molecule has 4 atom stereocenters. The monoisotopic (exact) mass is 480 g/mol. The molecule has 0 spiro atoms. The molecule has 5 rings (SSSR count). The van der Waals surface area contributed by atoms with Crippen LogP contribution >= 0.6 is 0 Å². The van der Waals surface area contributed by atoms with Crippen LogP contribution < -0.4 is 4.74 Å². The molecular formula is C27H32N2O6. The lowest BCUT2D eigenvalue weighted by atomic mass is 9.70. The molecule has 3 aliphatic rings. The zero-order valence-corrected chi connectivity index (χ0v) is 20.6. The van der Waals surface area contributed by atoms with Crippen molar-refractivity contribution in [3.05, 3.63) is 48.1 Å². The van der Waals surface area contributed by atoms with Gasteiger partial charge in [-0.3, -0.25) is 9.89 Å². The first-order valence-corrected chi connectivity index (χ1v) is 12.1. The van der Waals surface area contributed by atoms with Gasteiger partial charge >= 0.3 is 5.97 Å². The fraction of sp³-hybridized carbons (Fsp3) is 0.481. The van der Waals surface area contributed by atoms with Crippen LogP contribution in [-0.4, -0.2) is 62.1 Å². The van der Waals surface area contributed by atoms with Crippen LogP contribution in [-0.2, 0) is 19.9 Å². The molecular weight excluding hydrogens is 448 g/mol. The Kier molecular flexibility index (Phi) is 6.19. The molecule has 1 aromatic heterocycles. The van der Waals surface area contributed by atoms with Gasteiger partial charge in [-0.2, -0.15) is 0 Å². The Labute approximate surface area is 205 Å². The SMILES string of the molecule is CC[C@@H]1CN2CC[C@@]3(O)C(=Nc4ccc(-c5ccoc5)c(OC)c43)C2C[C@@H]1/C(=C\OC)C(=O)OC. The van der Waals surface area contributed by atoms with Gasteiger partial charge in [-0.1, -0.05) is 13.3 Å². The van der Waals surface area contributed by atoms with Crippen molar-refractivity contribution in [2.75, 3.05) is 34.4 Å². The average Bonchev–Trinajstić information content (AvgIpc) is 3.52. The minimum atomic E-state index is -1.23. The number of hydrogen-bond acceptors (Lipinski definition) is 8. The van der Waals surface area contributed by atoms with E-state index in [1.165, 1.54) is 13.4 Å². The number of carbonyl (C=O) groups excluding carboxylic acids is 1. The number of rotatable bonds is 6. The Hall–Kier alpha value is -3.10. The Morgan fingerprint density at radius 2 is 2.14 bits per heavy atom. The number of fused-ring (bicyclic) bond motifs is 5. The van der Waals surface area contributed by atoms with E-state index in [-0.39, 0.29) is 23.8 Å². The summed E-state index contributed by atoms with van der Waals surface area (Å²) in [6.07, 6.45) is 6.89. The van der Waals surface area contributed by atoms with E-state index in [0.717, 1.165) is 42.0 Å². The molecule has 1 aromatic carbocycles. The van der Waals surface area contributed by atoms with Gasteiger partial charge in [0.05, 0.1) is 68.7 Å². The Bertz CT molecular complexity index is 1170. The summed E-state index contributed by atoms with van der Waals surface area (Å²) < 4.78 is 21.5. The maximum atomic E-state index is 12.6. The molecule has 4 heterocycles. The summed E-state index contributed by atoms with van der Waals surface area (Å²) in [5.41, 5.74) is 3.20. The summed E-state index contributed by atoms with van der Waals surface area (Å²) in [6, 6.07) is 5.66. The van der Waals surface area contributed by atoms with Gasteiger partial charge in [0.1, 0.15) is 11.4 Å². The molecule has 1 unspecified atom stereocenters. The first kappa shape index (κ1) is 23.6. The second kappa shape index (κ2) is 9.17. The van der Waals surface area contributed by atoms with Crippen molar-refractivity contribution in [2.24, 2.45) is 16.8 Å². The molecule has 2 fully saturated rings. The zero-order chi connectivity index (χ0) is 24.7. The van der Waals surface area contributed by atoms with Crippen molar-refractivity contribution >= 4 is 17.4 Å². The van der Waals surface area contributed by atoms with Gasteiger partial charge in [-0.15, -0.1) is 0 Å². The third-order valence-corrected chi connectivity index (χ3v) is 7.87. The number of ether oxygens (including phenoxy) is 3. The van der Waals surface area contributed by atoms with Gasteiger partial charge in [-0.25, -0.2) is 4.79 Å². The third-order valence-electron chi connectivity index (χ3n) is 7.87. The molecule has 2 aromatic rings. The first-order valence-electron chi connectivity index (χ1n) is 12.1. The molecule has 0 amide bonds. The van der Waals surface area contributed by atoms with E-state index in [4.69, 9.17) is 23.6 Å². The average molecular weight is 481 g/mol. The fourth-order valence-electron chi connectivity index (χ4n) is 6.18. The molecule has 8 heteroatoms. The smallest absolute Gasteiger partial charge is 0.337 e. The van der Waals surface area contributed by atoms with Gasteiger partial charge in [0.25, 0.3) is 0 Å². The number of hydrogen-bond donors (Lipinski definition) is 1. The summed E-state index contributed by atoms with van der Waals surface area (Å²) in [4.78, 5) is 20.0. The number of methoxy groups -OCH3 is 3. The number of benzene rings is 1. The Morgan fingerprint density at radius 1 is 1.31 bits per heavy atom. The molecule has 1 N–H and O–H groups in total. The highest BCUT2D eigenvalue weighted by Crippen LogP contribution is 2.54. The van der Waals surface area contributed by atoms with E-state index in [2.05, 4.69) is 11.8 Å². The van der Waals surface area contributed by atoms with Crippen molar-refractivity contribution in [3.8, 4) is 16.9 Å². The van der Waals surface area contributed by atoms with Crippen molar-refractivity contribution in [1.29, 1.82) is 0 Å². The summed E-state index contributed by atoms with van der Waals surface area (Å²) in [5, 5.41) is 12.2. The standard InChI is InChI=1S/C27H32N2O6/c1-5-16-13-29-10-9-27(31)23-21(7-6-18(24(23)33-3)17-8-11-35-14-17)28-25(27)22(29)12-19(16)20(15-32-2)26(30)34-4/h6-8,11,14-16,19,22,31H,5,9-10,12-13H2,1-4H3/b20-15+/t16-,19+,22?,27+/m1/s1. The molecule has 0 radical (unpaired) electrons. The zero-order valence-electron chi connectivity index (χ0n) is 20.6. The minimum Gasteiger partial charge on any atom is -0.504 e. The maximum absolute atomic E-state index is 12.6. The van der Waals surface area contributed by atoms with Crippen LogP contribution in [0.4, 0.5) is 5.69 Å². The molecule has 0 aliphatic carbocycles. The second-order valence-corrected chi connectivity index (χ2v) is 9.48. The molecule has 8 nitrogen and oxygen atoms in total. The highest BCUT2D eigenvalue weighted by Gasteiger charge is 2.54. The van der Waals surface area contributed by atoms with E-state index in [1.54, 1.807) is 26.7 Å². The lowest BCUT2D eigenvalue weighted by Gasteiger charge is -2.50. The van der Waals surface area contributed by atoms with E-state index in [0.29, 0.717) is 29.7 Å². The van der Waals surface area contributed by atoms with E-state index >= 15 is 0 Å². The number of nitrogens with zero attached hydrogens (tertiary/aromatic N) is 2. The van der Waals surface area contributed by atoms with Gasteiger partial charge in [0.2, 0.25) is 0 Å². The Morgan fingerprint density at radius 3 is 2.80 bits per heavy atom. The van der Waals surface area contributed by atoms with Crippen molar-refractivity contribution in [2.45, 2.75) is 37.8 Å². The summed E-state index contributed by atoms with van der Waals surface area (Å²) >= 11 is 0. The minimum absolute atomic E-state index is 0.0641. The Balaban J connectivity index is 1.55. The van der Waals surface area contributed by atoms with Crippen LogP contribution in [0.15, 0.2) is 52.0 Å². The van der Waals surface area contributed by atoms with Crippen molar-refractivity contribution in [1.82, 2.24) is 4.90 Å². The maximum Gasteiger partial charge on any atom is 0.337 e.